The Bertz CT molecular complexity index is 728. The molecule has 0 aliphatic heterocycles. The predicted octanol–water partition coefficient (Wildman–Crippen LogP) is 3.13. The Balaban J connectivity index is 2.19. The second-order valence-electron chi connectivity index (χ2n) is 6.46. The van der Waals surface area contributed by atoms with Crippen molar-refractivity contribution in [3.63, 3.8) is 0 Å². The number of carbonyl (C=O) groups is 2. The lowest BCUT2D eigenvalue weighted by molar-refractivity contribution is -0.140. The smallest absolute Gasteiger partial charge is 0.242 e. The number of nitrogens with one attached hydrogen (secondary N) is 1. The first-order valence-electron chi connectivity index (χ1n) is 9.16. The molecular weight excluding hydrogens is 324 g/mol. The highest BCUT2D eigenvalue weighted by Gasteiger charge is 2.27. The van der Waals surface area contributed by atoms with Crippen LogP contribution in [0, 0.1) is 6.92 Å². The van der Waals surface area contributed by atoms with Crippen LogP contribution >= 0.6 is 0 Å². The van der Waals surface area contributed by atoms with Gasteiger partial charge in [-0.25, -0.2) is 0 Å². The van der Waals surface area contributed by atoms with Gasteiger partial charge < -0.3 is 10.2 Å². The van der Waals surface area contributed by atoms with Gasteiger partial charge in [0, 0.05) is 13.6 Å². The zero-order valence-electron chi connectivity index (χ0n) is 15.9. The summed E-state index contributed by atoms with van der Waals surface area (Å²) in [4.78, 5) is 27.1. The van der Waals surface area contributed by atoms with E-state index in [-0.39, 0.29) is 11.8 Å². The zero-order valence-corrected chi connectivity index (χ0v) is 15.9. The van der Waals surface area contributed by atoms with E-state index in [0.717, 1.165) is 23.1 Å². The molecule has 0 heterocycles. The van der Waals surface area contributed by atoms with Gasteiger partial charge in [0.15, 0.2) is 0 Å². The molecule has 2 amide bonds. The van der Waals surface area contributed by atoms with Gasteiger partial charge in [-0.3, -0.25) is 9.59 Å². The molecule has 2 rings (SSSR count). The fourth-order valence-corrected chi connectivity index (χ4v) is 3.14. The minimum absolute atomic E-state index is 0.00863. The average molecular weight is 352 g/mol. The van der Waals surface area contributed by atoms with Crippen LogP contribution in [0.4, 0.5) is 0 Å². The van der Waals surface area contributed by atoms with Crippen LogP contribution < -0.4 is 5.32 Å². The molecule has 0 bridgehead atoms. The molecule has 1 N–H and O–H groups in total. The SMILES string of the molecule is CC[C@@H](C(=O)NC)N(CCc1ccccc1)C(=O)Cc1ccccc1C. The summed E-state index contributed by atoms with van der Waals surface area (Å²) in [5.41, 5.74) is 3.26. The van der Waals surface area contributed by atoms with Crippen LogP contribution in [0.15, 0.2) is 54.6 Å². The number of nitrogens with zero attached hydrogens (tertiary/aromatic N) is 1. The topological polar surface area (TPSA) is 49.4 Å². The van der Waals surface area contributed by atoms with E-state index in [2.05, 4.69) is 5.32 Å². The molecule has 0 aliphatic carbocycles. The maximum absolute atomic E-state index is 13.1. The van der Waals surface area contributed by atoms with Gasteiger partial charge in [0.25, 0.3) is 0 Å². The standard InChI is InChI=1S/C22H28N2O2/c1-4-20(22(26)23-3)24(15-14-18-11-6-5-7-12-18)21(25)16-19-13-9-8-10-17(19)2/h5-13,20H,4,14-16H2,1-3H3,(H,23,26)/t20-/m0/s1. The number of hydrogen-bond donors (Lipinski definition) is 1. The highest BCUT2D eigenvalue weighted by Crippen LogP contribution is 2.14. The Morgan fingerprint density at radius 2 is 1.69 bits per heavy atom. The van der Waals surface area contributed by atoms with Gasteiger partial charge in [-0.15, -0.1) is 0 Å². The molecule has 0 aliphatic rings. The lowest BCUT2D eigenvalue weighted by atomic mass is 10.0. The van der Waals surface area contributed by atoms with Crippen LogP contribution in [0.1, 0.15) is 30.0 Å². The van der Waals surface area contributed by atoms with Gasteiger partial charge in [-0.2, -0.15) is 0 Å². The molecular formula is C22H28N2O2. The van der Waals surface area contributed by atoms with E-state index in [1.54, 1.807) is 11.9 Å². The van der Waals surface area contributed by atoms with E-state index < -0.39 is 6.04 Å². The van der Waals surface area contributed by atoms with E-state index in [1.165, 1.54) is 0 Å². The van der Waals surface area contributed by atoms with Crippen LogP contribution in [-0.4, -0.2) is 36.3 Å². The van der Waals surface area contributed by atoms with E-state index in [4.69, 9.17) is 0 Å². The van der Waals surface area contributed by atoms with Crippen LogP contribution in [-0.2, 0) is 22.4 Å². The van der Waals surface area contributed by atoms with Crippen molar-refractivity contribution < 1.29 is 9.59 Å². The molecule has 0 radical (unpaired) electrons. The Morgan fingerprint density at radius 1 is 1.04 bits per heavy atom. The first-order valence-corrected chi connectivity index (χ1v) is 9.16. The summed E-state index contributed by atoms with van der Waals surface area (Å²) in [5, 5.41) is 2.69. The Kier molecular flexibility index (Phi) is 7.39. The summed E-state index contributed by atoms with van der Waals surface area (Å²) in [6.07, 6.45) is 1.64. The van der Waals surface area contributed by atoms with Gasteiger partial charge in [-0.1, -0.05) is 61.5 Å². The summed E-state index contributed by atoms with van der Waals surface area (Å²) in [5.74, 6) is -0.121. The number of carbonyl (C=O) groups excluding carboxylic acids is 2. The third-order valence-electron chi connectivity index (χ3n) is 4.72. The Labute approximate surface area is 156 Å². The minimum atomic E-state index is -0.444. The molecule has 2 aromatic carbocycles. The summed E-state index contributed by atoms with van der Waals surface area (Å²) >= 11 is 0. The first kappa shape index (κ1) is 19.7. The quantitative estimate of drug-likeness (QED) is 0.793. The number of aryl methyl sites for hydroxylation is 1. The molecule has 0 aromatic heterocycles. The fourth-order valence-electron chi connectivity index (χ4n) is 3.14. The molecule has 4 nitrogen and oxygen atoms in total. The van der Waals surface area contributed by atoms with Crippen molar-refractivity contribution in [1.82, 2.24) is 10.2 Å². The van der Waals surface area contributed by atoms with Crippen molar-refractivity contribution in [1.29, 1.82) is 0 Å². The van der Waals surface area contributed by atoms with Gasteiger partial charge in [-0.05, 0) is 36.5 Å². The van der Waals surface area contributed by atoms with Gasteiger partial charge >= 0.3 is 0 Å². The van der Waals surface area contributed by atoms with Crippen molar-refractivity contribution in [3.05, 3.63) is 71.3 Å². The van der Waals surface area contributed by atoms with Crippen LogP contribution in [0.3, 0.4) is 0 Å². The highest BCUT2D eigenvalue weighted by molar-refractivity contribution is 5.88. The molecule has 0 spiro atoms. The van der Waals surface area contributed by atoms with E-state index in [9.17, 15) is 9.59 Å². The maximum atomic E-state index is 13.1. The molecule has 0 fully saturated rings. The monoisotopic (exact) mass is 352 g/mol. The van der Waals surface area contributed by atoms with Crippen molar-refractivity contribution in [3.8, 4) is 0 Å². The summed E-state index contributed by atoms with van der Waals surface area (Å²) in [6.45, 7) is 4.48. The molecule has 0 saturated heterocycles. The third-order valence-corrected chi connectivity index (χ3v) is 4.72. The molecule has 4 heteroatoms. The summed E-state index contributed by atoms with van der Waals surface area (Å²) in [7, 11) is 1.62. The molecule has 0 saturated carbocycles. The second-order valence-corrected chi connectivity index (χ2v) is 6.46. The Hall–Kier alpha value is -2.62. The summed E-state index contributed by atoms with van der Waals surface area (Å²) < 4.78 is 0. The van der Waals surface area contributed by atoms with Crippen molar-refractivity contribution >= 4 is 11.8 Å². The highest BCUT2D eigenvalue weighted by atomic mass is 16.2. The van der Waals surface area contributed by atoms with Crippen molar-refractivity contribution in [2.75, 3.05) is 13.6 Å². The number of benzene rings is 2. The van der Waals surface area contributed by atoms with E-state index in [1.807, 2.05) is 68.4 Å². The zero-order chi connectivity index (χ0) is 18.9. The van der Waals surface area contributed by atoms with Gasteiger partial charge in [0.2, 0.25) is 11.8 Å². The average Bonchev–Trinajstić information content (AvgIpc) is 2.67. The largest absolute Gasteiger partial charge is 0.357 e. The van der Waals surface area contributed by atoms with E-state index in [0.29, 0.717) is 19.4 Å². The second kappa shape index (κ2) is 9.76. The lowest BCUT2D eigenvalue weighted by Gasteiger charge is -2.30. The maximum Gasteiger partial charge on any atom is 0.242 e. The predicted molar refractivity (Wildman–Crippen MR) is 105 cm³/mol. The molecule has 0 unspecified atom stereocenters. The van der Waals surface area contributed by atoms with Crippen LogP contribution in [0.25, 0.3) is 0 Å². The van der Waals surface area contributed by atoms with Crippen LogP contribution in [0.5, 0.6) is 0 Å². The number of hydrogen-bond acceptors (Lipinski definition) is 2. The number of rotatable bonds is 8. The molecule has 138 valence electrons. The van der Waals surface area contributed by atoms with Crippen molar-refractivity contribution in [2.45, 2.75) is 39.2 Å². The first-order chi connectivity index (χ1) is 12.6. The molecule has 26 heavy (non-hydrogen) atoms. The normalized spacial score (nSPS) is 11.7. The van der Waals surface area contributed by atoms with Gasteiger partial charge in [0.05, 0.1) is 6.42 Å². The van der Waals surface area contributed by atoms with Crippen molar-refractivity contribution in [2.24, 2.45) is 0 Å². The fraction of sp³-hybridized carbons (Fsp3) is 0.364. The summed E-state index contributed by atoms with van der Waals surface area (Å²) in [6, 6.07) is 17.5. The Morgan fingerprint density at radius 3 is 2.31 bits per heavy atom. The van der Waals surface area contributed by atoms with E-state index >= 15 is 0 Å². The van der Waals surface area contributed by atoms with Gasteiger partial charge in [0.1, 0.15) is 6.04 Å². The number of likely N-dealkylation sites (N-methyl/N-ethyl adjacent to an activating group) is 1. The number of amides is 2. The lowest BCUT2D eigenvalue weighted by Crippen LogP contribution is -2.49. The molecule has 1 atom stereocenters. The molecule has 2 aromatic rings. The third kappa shape index (κ3) is 5.19. The van der Waals surface area contributed by atoms with Crippen LogP contribution in [0.2, 0.25) is 0 Å². The minimum Gasteiger partial charge on any atom is -0.357 e.